The van der Waals surface area contributed by atoms with Crippen molar-refractivity contribution in [1.82, 2.24) is 0 Å². The minimum Gasteiger partial charge on any atom is -0.494 e. The number of hydrogen-bond acceptors (Lipinski definition) is 1. The molecule has 0 bridgehead atoms. The Labute approximate surface area is 137 Å². The van der Waals surface area contributed by atoms with Crippen molar-refractivity contribution in [3.05, 3.63) is 63.1 Å². The molecule has 0 fully saturated rings. The maximum atomic E-state index is 5.53. The van der Waals surface area contributed by atoms with Gasteiger partial charge < -0.3 is 4.74 Å². The lowest BCUT2D eigenvalue weighted by molar-refractivity contribution is 0.340. The predicted octanol–water partition coefficient (Wildman–Crippen LogP) is 5.95. The summed E-state index contributed by atoms with van der Waals surface area (Å²) in [6.07, 6.45) is 0. The number of aryl methyl sites for hydroxylation is 2. The van der Waals surface area contributed by atoms with Crippen molar-refractivity contribution in [1.29, 1.82) is 0 Å². The minimum atomic E-state index is 0.175. The van der Waals surface area contributed by atoms with Crippen LogP contribution < -0.4 is 4.74 Å². The Kier molecular flexibility index (Phi) is 5.28. The minimum absolute atomic E-state index is 0.175. The van der Waals surface area contributed by atoms with Crippen molar-refractivity contribution in [2.24, 2.45) is 0 Å². The lowest BCUT2D eigenvalue weighted by atomic mass is 9.96. The van der Waals surface area contributed by atoms with Crippen LogP contribution in [-0.2, 0) is 0 Å². The highest BCUT2D eigenvalue weighted by molar-refractivity contribution is 9.11. The molecular weight excluding hydrogens is 380 g/mol. The normalized spacial score (nSPS) is 12.2. The zero-order valence-corrected chi connectivity index (χ0v) is 15.1. The summed E-state index contributed by atoms with van der Waals surface area (Å²) >= 11 is 7.49. The summed E-state index contributed by atoms with van der Waals surface area (Å²) in [5.41, 5.74) is 5.14. The van der Waals surface area contributed by atoms with Gasteiger partial charge in [-0.05, 0) is 55.2 Å². The van der Waals surface area contributed by atoms with E-state index in [1.165, 1.54) is 22.3 Å². The van der Waals surface area contributed by atoms with Crippen molar-refractivity contribution >= 4 is 31.9 Å². The van der Waals surface area contributed by atoms with Gasteiger partial charge in [0.05, 0.1) is 11.4 Å². The molecule has 0 spiro atoms. The molecule has 0 N–H and O–H groups in total. The Balaban J connectivity index is 2.41. The van der Waals surface area contributed by atoms with E-state index in [0.717, 1.165) is 10.2 Å². The first-order valence-electron chi connectivity index (χ1n) is 6.67. The molecule has 0 aliphatic rings. The molecule has 2 aromatic rings. The Bertz CT molecular complexity index is 588. The molecule has 1 unspecified atom stereocenters. The van der Waals surface area contributed by atoms with Crippen LogP contribution >= 0.6 is 31.9 Å². The van der Waals surface area contributed by atoms with E-state index in [9.17, 15) is 0 Å². The van der Waals surface area contributed by atoms with Gasteiger partial charge in [0.2, 0.25) is 0 Å². The van der Waals surface area contributed by atoms with Gasteiger partial charge in [0.1, 0.15) is 5.75 Å². The molecule has 106 valence electrons. The monoisotopic (exact) mass is 396 g/mol. The van der Waals surface area contributed by atoms with Crippen molar-refractivity contribution in [3.8, 4) is 5.75 Å². The van der Waals surface area contributed by atoms with Crippen LogP contribution in [0.25, 0.3) is 0 Å². The van der Waals surface area contributed by atoms with Gasteiger partial charge in [-0.2, -0.15) is 0 Å². The van der Waals surface area contributed by atoms with Crippen molar-refractivity contribution in [2.45, 2.75) is 25.6 Å². The third-order valence-corrected chi connectivity index (χ3v) is 4.99. The van der Waals surface area contributed by atoms with Crippen LogP contribution in [0, 0.1) is 13.8 Å². The van der Waals surface area contributed by atoms with Crippen molar-refractivity contribution in [2.75, 3.05) is 6.61 Å². The van der Waals surface area contributed by atoms with E-state index in [0.29, 0.717) is 6.61 Å². The molecular formula is C17H18Br2O. The van der Waals surface area contributed by atoms with Crippen molar-refractivity contribution in [3.63, 3.8) is 0 Å². The van der Waals surface area contributed by atoms with Crippen LogP contribution in [0.5, 0.6) is 5.75 Å². The largest absolute Gasteiger partial charge is 0.494 e. The summed E-state index contributed by atoms with van der Waals surface area (Å²) in [5.74, 6) is 0.893. The third-order valence-electron chi connectivity index (χ3n) is 3.35. The fourth-order valence-electron chi connectivity index (χ4n) is 2.35. The summed E-state index contributed by atoms with van der Waals surface area (Å²) in [7, 11) is 0. The molecule has 0 amide bonds. The second-order valence-corrected chi connectivity index (χ2v) is 6.55. The van der Waals surface area contributed by atoms with Gasteiger partial charge in [0.25, 0.3) is 0 Å². The van der Waals surface area contributed by atoms with E-state index in [1.54, 1.807) is 0 Å². The molecule has 0 aliphatic heterocycles. The lowest BCUT2D eigenvalue weighted by Gasteiger charge is -2.18. The Morgan fingerprint density at radius 2 is 1.75 bits per heavy atom. The number of benzene rings is 2. The maximum Gasteiger partial charge on any atom is 0.120 e. The number of ether oxygens (including phenoxy) is 1. The van der Waals surface area contributed by atoms with Gasteiger partial charge in [0.15, 0.2) is 0 Å². The van der Waals surface area contributed by atoms with Gasteiger partial charge >= 0.3 is 0 Å². The number of alkyl halides is 1. The first-order valence-corrected chi connectivity index (χ1v) is 8.38. The van der Waals surface area contributed by atoms with Crippen molar-refractivity contribution < 1.29 is 4.74 Å². The SMILES string of the molecule is CCOc1ccc(C(Br)c2c(C)cccc2C)c(Br)c1. The molecule has 0 heterocycles. The molecule has 20 heavy (non-hydrogen) atoms. The van der Waals surface area contributed by atoms with Gasteiger partial charge in [0, 0.05) is 4.47 Å². The summed E-state index contributed by atoms with van der Waals surface area (Å²) in [4.78, 5) is 0.175. The molecule has 1 atom stereocenters. The molecule has 1 nitrogen and oxygen atoms in total. The smallest absolute Gasteiger partial charge is 0.120 e. The third kappa shape index (κ3) is 3.26. The number of halogens is 2. The average Bonchev–Trinajstić information content (AvgIpc) is 2.38. The Morgan fingerprint density at radius 1 is 1.10 bits per heavy atom. The number of rotatable bonds is 4. The first kappa shape index (κ1) is 15.6. The van der Waals surface area contributed by atoms with E-state index < -0.39 is 0 Å². The quantitative estimate of drug-likeness (QED) is 0.579. The van der Waals surface area contributed by atoms with Crippen LogP contribution in [0.15, 0.2) is 40.9 Å². The number of hydrogen-bond donors (Lipinski definition) is 0. The molecule has 0 saturated carbocycles. The van der Waals surface area contributed by atoms with E-state index >= 15 is 0 Å². The summed E-state index contributed by atoms with van der Waals surface area (Å²) in [6, 6.07) is 12.6. The topological polar surface area (TPSA) is 9.23 Å². The molecule has 0 radical (unpaired) electrons. The molecule has 0 aromatic heterocycles. The van der Waals surface area contributed by atoms with Crippen LogP contribution in [0.2, 0.25) is 0 Å². The molecule has 0 saturated heterocycles. The zero-order chi connectivity index (χ0) is 14.7. The first-order chi connectivity index (χ1) is 9.54. The molecule has 2 rings (SSSR count). The van der Waals surface area contributed by atoms with Gasteiger partial charge in [-0.3, -0.25) is 0 Å². The van der Waals surface area contributed by atoms with Gasteiger partial charge in [-0.25, -0.2) is 0 Å². The fourth-order valence-corrected chi connectivity index (χ4v) is 4.37. The molecule has 2 aromatic carbocycles. The van der Waals surface area contributed by atoms with E-state index in [1.807, 2.05) is 19.1 Å². The Morgan fingerprint density at radius 3 is 2.30 bits per heavy atom. The zero-order valence-electron chi connectivity index (χ0n) is 11.9. The maximum absolute atomic E-state index is 5.53. The van der Waals surface area contributed by atoms with E-state index in [2.05, 4.69) is 70.0 Å². The van der Waals surface area contributed by atoms with E-state index in [4.69, 9.17) is 4.74 Å². The second kappa shape index (κ2) is 6.77. The molecule has 0 aliphatic carbocycles. The second-order valence-electron chi connectivity index (χ2n) is 4.78. The highest BCUT2D eigenvalue weighted by atomic mass is 79.9. The van der Waals surface area contributed by atoms with Crippen LogP contribution in [0.3, 0.4) is 0 Å². The van der Waals surface area contributed by atoms with Crippen LogP contribution in [0.4, 0.5) is 0 Å². The van der Waals surface area contributed by atoms with Crippen LogP contribution in [-0.4, -0.2) is 6.61 Å². The Hall–Kier alpha value is -0.800. The average molecular weight is 398 g/mol. The summed E-state index contributed by atoms with van der Waals surface area (Å²) in [6.45, 7) is 6.98. The fraction of sp³-hybridized carbons (Fsp3) is 0.294. The lowest BCUT2D eigenvalue weighted by Crippen LogP contribution is -2.00. The predicted molar refractivity (Wildman–Crippen MR) is 92.0 cm³/mol. The molecule has 3 heteroatoms. The van der Waals surface area contributed by atoms with Gasteiger partial charge in [-0.1, -0.05) is 56.1 Å². The van der Waals surface area contributed by atoms with E-state index in [-0.39, 0.29) is 4.83 Å². The highest BCUT2D eigenvalue weighted by Gasteiger charge is 2.17. The van der Waals surface area contributed by atoms with Crippen LogP contribution in [0.1, 0.15) is 34.0 Å². The summed E-state index contributed by atoms with van der Waals surface area (Å²) < 4.78 is 6.59. The standard InChI is InChI=1S/C17H18Br2O/c1-4-20-13-8-9-14(15(18)10-13)17(19)16-11(2)6-5-7-12(16)3/h5-10,17H,4H2,1-3H3. The highest BCUT2D eigenvalue weighted by Crippen LogP contribution is 2.39. The van der Waals surface area contributed by atoms with Gasteiger partial charge in [-0.15, -0.1) is 0 Å². The summed E-state index contributed by atoms with van der Waals surface area (Å²) in [5, 5.41) is 0.